The number of nitrogens with one attached hydrogen (secondary N) is 3. The zero-order valence-electron chi connectivity index (χ0n) is 15.5. The van der Waals surface area contributed by atoms with Crippen LogP contribution in [0.5, 0.6) is 0 Å². The first-order valence-electron chi connectivity index (χ1n) is 10.1. The van der Waals surface area contributed by atoms with E-state index in [0.29, 0.717) is 23.4 Å². The average Bonchev–Trinajstić information content (AvgIpc) is 3.33. The molecule has 1 aromatic rings. The van der Waals surface area contributed by atoms with E-state index in [-0.39, 0.29) is 24.2 Å². The van der Waals surface area contributed by atoms with Crippen LogP contribution in [-0.2, 0) is 11.2 Å². The molecule has 3 fully saturated rings. The largest absolute Gasteiger partial charge is 0.339 e. The fourth-order valence-corrected chi connectivity index (χ4v) is 4.90. The van der Waals surface area contributed by atoms with E-state index in [1.54, 1.807) is 12.1 Å². The number of rotatable bonds is 5. The lowest BCUT2D eigenvalue weighted by Crippen LogP contribution is -2.50. The maximum atomic E-state index is 14.6. The molecular weight excluding hydrogens is 343 g/mol. The molecule has 2 saturated heterocycles. The Balaban J connectivity index is 1.38. The highest BCUT2D eigenvalue weighted by Gasteiger charge is 2.43. The molecule has 2 heterocycles. The Hall–Kier alpha value is -1.97. The van der Waals surface area contributed by atoms with E-state index in [9.17, 15) is 14.4 Å². The number of carbonyl (C=O) groups excluding carboxylic acids is 1. The van der Waals surface area contributed by atoms with Crippen LogP contribution in [0.3, 0.4) is 0 Å². The van der Waals surface area contributed by atoms with Gasteiger partial charge >= 0.3 is 0 Å². The number of nitrogens with zero attached hydrogens (tertiary/aromatic N) is 1. The third kappa shape index (κ3) is 3.99. The molecule has 2 bridgehead atoms. The van der Waals surface area contributed by atoms with Crippen LogP contribution in [0.2, 0.25) is 0 Å². The Labute approximate surface area is 159 Å². The highest BCUT2D eigenvalue weighted by atomic mass is 19.1. The second kappa shape index (κ2) is 7.95. The number of piperidine rings is 2. The van der Waals surface area contributed by atoms with Crippen LogP contribution in [0, 0.1) is 23.1 Å². The highest BCUT2D eigenvalue weighted by Crippen LogP contribution is 2.35. The molecule has 4 atom stereocenters. The number of nitriles is 1. The lowest BCUT2D eigenvalue weighted by Gasteiger charge is -2.24. The molecule has 3 aliphatic rings. The molecule has 6 heteroatoms. The molecule has 27 heavy (non-hydrogen) atoms. The van der Waals surface area contributed by atoms with Gasteiger partial charge < -0.3 is 16.0 Å². The minimum atomic E-state index is -0.711. The Bertz CT molecular complexity index is 740. The number of halogens is 1. The molecule has 0 radical (unpaired) electrons. The summed E-state index contributed by atoms with van der Waals surface area (Å²) in [6.07, 6.45) is 5.48. The van der Waals surface area contributed by atoms with Crippen molar-refractivity contribution in [1.82, 2.24) is 16.0 Å². The predicted octanol–water partition coefficient (Wildman–Crippen LogP) is 1.98. The van der Waals surface area contributed by atoms with Crippen molar-refractivity contribution in [3.63, 3.8) is 0 Å². The van der Waals surface area contributed by atoms with Gasteiger partial charge in [0.2, 0.25) is 5.91 Å². The standard InChI is InChI=1S/C21H27FN4O/c22-19-11-14(13-5-7-24-8-6-13)1-2-15(19)9-18(12-23)26-21(27)20-16-3-4-17(10-16)25-20/h1-2,11,13,16-18,20,24-25H,3-10H2,(H,26,27). The summed E-state index contributed by atoms with van der Waals surface area (Å²) < 4.78 is 14.6. The Morgan fingerprint density at radius 3 is 2.74 bits per heavy atom. The van der Waals surface area contributed by atoms with Crippen molar-refractivity contribution in [2.75, 3.05) is 13.1 Å². The summed E-state index contributed by atoms with van der Waals surface area (Å²) in [6, 6.07) is 7.00. The van der Waals surface area contributed by atoms with E-state index < -0.39 is 6.04 Å². The third-order valence-corrected chi connectivity index (χ3v) is 6.43. The van der Waals surface area contributed by atoms with Crippen molar-refractivity contribution >= 4 is 5.91 Å². The maximum absolute atomic E-state index is 14.6. The molecule has 1 aromatic carbocycles. The molecule has 0 spiro atoms. The zero-order valence-corrected chi connectivity index (χ0v) is 15.5. The zero-order chi connectivity index (χ0) is 18.8. The van der Waals surface area contributed by atoms with Gasteiger partial charge in [-0.2, -0.15) is 5.26 Å². The SMILES string of the molecule is N#CC(Cc1ccc(C2CCNCC2)cc1F)NC(=O)C1NC2CCC1C2. The molecule has 5 nitrogen and oxygen atoms in total. The lowest BCUT2D eigenvalue weighted by atomic mass is 9.89. The van der Waals surface area contributed by atoms with Crippen LogP contribution < -0.4 is 16.0 Å². The van der Waals surface area contributed by atoms with Gasteiger partial charge in [0.05, 0.1) is 12.1 Å². The average molecular weight is 370 g/mol. The predicted molar refractivity (Wildman–Crippen MR) is 101 cm³/mol. The molecule has 1 saturated carbocycles. The van der Waals surface area contributed by atoms with Gasteiger partial charge in [-0.3, -0.25) is 4.79 Å². The summed E-state index contributed by atoms with van der Waals surface area (Å²) in [5.41, 5.74) is 1.52. The number of carbonyl (C=O) groups is 1. The van der Waals surface area contributed by atoms with E-state index in [4.69, 9.17) is 0 Å². The van der Waals surface area contributed by atoms with Crippen molar-refractivity contribution in [2.45, 2.75) is 62.6 Å². The topological polar surface area (TPSA) is 77.0 Å². The number of hydrogen-bond acceptors (Lipinski definition) is 4. The minimum absolute atomic E-state index is 0.125. The van der Waals surface area contributed by atoms with E-state index in [1.807, 2.05) is 6.07 Å². The van der Waals surface area contributed by atoms with Gasteiger partial charge in [0.25, 0.3) is 0 Å². The minimum Gasteiger partial charge on any atom is -0.339 e. The number of amides is 1. The second-order valence-electron chi connectivity index (χ2n) is 8.18. The van der Waals surface area contributed by atoms with Gasteiger partial charge in [0.1, 0.15) is 11.9 Å². The number of fused-ring (bicyclic) bond motifs is 2. The smallest absolute Gasteiger partial charge is 0.238 e. The van der Waals surface area contributed by atoms with Gasteiger partial charge in [-0.25, -0.2) is 4.39 Å². The normalized spacial score (nSPS) is 28.7. The summed E-state index contributed by atoms with van der Waals surface area (Å²) in [6.45, 7) is 1.93. The highest BCUT2D eigenvalue weighted by molar-refractivity contribution is 5.83. The summed E-state index contributed by atoms with van der Waals surface area (Å²) in [4.78, 5) is 12.5. The summed E-state index contributed by atoms with van der Waals surface area (Å²) in [5.74, 6) is 0.361. The monoisotopic (exact) mass is 370 g/mol. The van der Waals surface area contributed by atoms with Crippen LogP contribution in [0.4, 0.5) is 4.39 Å². The van der Waals surface area contributed by atoms with E-state index in [2.05, 4.69) is 22.0 Å². The van der Waals surface area contributed by atoms with E-state index in [0.717, 1.165) is 50.8 Å². The van der Waals surface area contributed by atoms with Crippen molar-refractivity contribution in [3.8, 4) is 6.07 Å². The Morgan fingerprint density at radius 2 is 2.11 bits per heavy atom. The molecule has 0 aromatic heterocycles. The molecule has 144 valence electrons. The van der Waals surface area contributed by atoms with Crippen LogP contribution in [0.1, 0.15) is 49.1 Å². The van der Waals surface area contributed by atoms with Crippen molar-refractivity contribution in [2.24, 2.45) is 5.92 Å². The van der Waals surface area contributed by atoms with Crippen LogP contribution in [0.25, 0.3) is 0 Å². The van der Waals surface area contributed by atoms with Gasteiger partial charge in [0, 0.05) is 12.5 Å². The van der Waals surface area contributed by atoms with Crippen molar-refractivity contribution in [3.05, 3.63) is 35.1 Å². The van der Waals surface area contributed by atoms with E-state index >= 15 is 0 Å². The first-order chi connectivity index (χ1) is 13.1. The Kier molecular flexibility index (Phi) is 5.42. The molecule has 4 rings (SSSR count). The molecule has 4 unspecified atom stereocenters. The molecule has 1 aliphatic carbocycles. The van der Waals surface area contributed by atoms with Crippen LogP contribution in [0.15, 0.2) is 18.2 Å². The first kappa shape index (κ1) is 18.4. The summed E-state index contributed by atoms with van der Waals surface area (Å²) in [7, 11) is 0. The molecular formula is C21H27FN4O. The fraction of sp³-hybridized carbons (Fsp3) is 0.619. The lowest BCUT2D eigenvalue weighted by molar-refractivity contribution is -0.124. The van der Waals surface area contributed by atoms with Crippen molar-refractivity contribution in [1.29, 1.82) is 5.26 Å². The quantitative estimate of drug-likeness (QED) is 0.741. The first-order valence-corrected chi connectivity index (χ1v) is 10.1. The fourth-order valence-electron chi connectivity index (χ4n) is 4.90. The molecule has 1 amide bonds. The van der Waals surface area contributed by atoms with E-state index in [1.165, 1.54) is 0 Å². The van der Waals surface area contributed by atoms with Crippen LogP contribution >= 0.6 is 0 Å². The van der Waals surface area contributed by atoms with Gasteiger partial charge in [0.15, 0.2) is 0 Å². The summed E-state index contributed by atoms with van der Waals surface area (Å²) >= 11 is 0. The number of hydrogen-bond donors (Lipinski definition) is 3. The van der Waals surface area contributed by atoms with Crippen LogP contribution in [-0.4, -0.2) is 37.1 Å². The van der Waals surface area contributed by atoms with Gasteiger partial charge in [-0.1, -0.05) is 12.1 Å². The Morgan fingerprint density at radius 1 is 1.30 bits per heavy atom. The summed E-state index contributed by atoms with van der Waals surface area (Å²) in [5, 5.41) is 18.9. The second-order valence-corrected chi connectivity index (χ2v) is 8.18. The third-order valence-electron chi connectivity index (χ3n) is 6.43. The van der Waals surface area contributed by atoms with Gasteiger partial charge in [-0.15, -0.1) is 0 Å². The molecule has 2 aliphatic heterocycles. The molecule has 3 N–H and O–H groups in total. The van der Waals surface area contributed by atoms with Crippen molar-refractivity contribution < 1.29 is 9.18 Å². The number of benzene rings is 1. The van der Waals surface area contributed by atoms with Gasteiger partial charge in [-0.05, 0) is 74.2 Å². The maximum Gasteiger partial charge on any atom is 0.238 e.